The van der Waals surface area contributed by atoms with Gasteiger partial charge in [-0.1, -0.05) is 0 Å². The number of rotatable bonds is 7. The van der Waals surface area contributed by atoms with E-state index in [1.807, 2.05) is 45.8 Å². The summed E-state index contributed by atoms with van der Waals surface area (Å²) in [4.78, 5) is 14.3. The molecule has 0 N–H and O–H groups in total. The summed E-state index contributed by atoms with van der Waals surface area (Å²) in [5.74, 6) is 1.38. The number of nitrogens with zero attached hydrogens (tertiary/aromatic N) is 2. The summed E-state index contributed by atoms with van der Waals surface area (Å²) >= 11 is 1.85. The van der Waals surface area contributed by atoms with Crippen molar-refractivity contribution >= 4 is 17.5 Å². The van der Waals surface area contributed by atoms with Crippen LogP contribution in [0.4, 0.5) is 0 Å². The zero-order chi connectivity index (χ0) is 13.7. The first-order chi connectivity index (χ1) is 8.47. The standard InChI is InChI=1S/C14H24N2OS/c1-11-9-13(12(2)16(11)4)14(17)10-15(3)7-6-8-18-5/h9H,6-8,10H2,1-5H3. The Morgan fingerprint density at radius 1 is 1.44 bits per heavy atom. The minimum absolute atomic E-state index is 0.225. The van der Waals surface area contributed by atoms with Crippen LogP contribution < -0.4 is 0 Å². The van der Waals surface area contributed by atoms with E-state index in [1.54, 1.807) is 0 Å². The molecular formula is C14H24N2OS. The summed E-state index contributed by atoms with van der Waals surface area (Å²) in [6.45, 7) is 5.54. The molecule has 0 aromatic carbocycles. The molecule has 18 heavy (non-hydrogen) atoms. The number of hydrogen-bond acceptors (Lipinski definition) is 3. The quantitative estimate of drug-likeness (QED) is 0.561. The molecule has 102 valence electrons. The van der Waals surface area contributed by atoms with Crippen LogP contribution in [-0.4, -0.2) is 47.4 Å². The number of aryl methyl sites for hydroxylation is 1. The van der Waals surface area contributed by atoms with Gasteiger partial charge in [0.15, 0.2) is 5.78 Å². The Morgan fingerprint density at radius 3 is 2.61 bits per heavy atom. The van der Waals surface area contributed by atoms with Crippen LogP contribution in [0.3, 0.4) is 0 Å². The molecule has 4 heteroatoms. The van der Waals surface area contributed by atoms with Gasteiger partial charge >= 0.3 is 0 Å². The number of aromatic nitrogens is 1. The Balaban J connectivity index is 2.57. The molecule has 0 fully saturated rings. The highest BCUT2D eigenvalue weighted by Crippen LogP contribution is 2.14. The molecule has 0 saturated heterocycles. The number of carbonyl (C=O) groups excluding carboxylic acids is 1. The van der Waals surface area contributed by atoms with Crippen molar-refractivity contribution in [2.75, 3.05) is 32.1 Å². The van der Waals surface area contributed by atoms with E-state index in [2.05, 4.69) is 15.7 Å². The van der Waals surface area contributed by atoms with E-state index in [0.29, 0.717) is 6.54 Å². The van der Waals surface area contributed by atoms with Gasteiger partial charge in [0.2, 0.25) is 0 Å². The molecule has 1 aromatic rings. The second kappa shape index (κ2) is 7.00. The molecule has 3 nitrogen and oxygen atoms in total. The van der Waals surface area contributed by atoms with Crippen LogP contribution in [0.25, 0.3) is 0 Å². The van der Waals surface area contributed by atoms with Crippen molar-refractivity contribution in [2.24, 2.45) is 7.05 Å². The Kier molecular flexibility index (Phi) is 5.96. The third kappa shape index (κ3) is 3.89. The van der Waals surface area contributed by atoms with E-state index < -0.39 is 0 Å². The van der Waals surface area contributed by atoms with Gasteiger partial charge in [0.05, 0.1) is 6.54 Å². The summed E-state index contributed by atoms with van der Waals surface area (Å²) in [6.07, 6.45) is 3.25. The van der Waals surface area contributed by atoms with Gasteiger partial charge in [-0.25, -0.2) is 0 Å². The Hall–Kier alpha value is -0.740. The topological polar surface area (TPSA) is 25.2 Å². The van der Waals surface area contributed by atoms with E-state index in [4.69, 9.17) is 0 Å². The molecule has 0 bridgehead atoms. The maximum Gasteiger partial charge on any atom is 0.178 e. The number of carbonyl (C=O) groups is 1. The highest BCUT2D eigenvalue weighted by molar-refractivity contribution is 7.98. The van der Waals surface area contributed by atoms with Crippen LogP contribution in [0.2, 0.25) is 0 Å². The van der Waals surface area contributed by atoms with Crippen LogP contribution in [0.5, 0.6) is 0 Å². The van der Waals surface area contributed by atoms with Crippen molar-refractivity contribution in [2.45, 2.75) is 20.3 Å². The summed E-state index contributed by atoms with van der Waals surface area (Å²) in [5, 5.41) is 0. The highest BCUT2D eigenvalue weighted by Gasteiger charge is 2.15. The number of hydrogen-bond donors (Lipinski definition) is 0. The first-order valence-electron chi connectivity index (χ1n) is 6.31. The molecule has 1 heterocycles. The Labute approximate surface area is 115 Å². The lowest BCUT2D eigenvalue weighted by Gasteiger charge is -2.15. The molecule has 0 spiro atoms. The van der Waals surface area contributed by atoms with Crippen molar-refractivity contribution in [3.63, 3.8) is 0 Å². The normalized spacial score (nSPS) is 11.2. The first kappa shape index (κ1) is 15.3. The van der Waals surface area contributed by atoms with Gasteiger partial charge in [0.25, 0.3) is 0 Å². The zero-order valence-corrected chi connectivity index (χ0v) is 12.9. The summed E-state index contributed by atoms with van der Waals surface area (Å²) in [6, 6.07) is 1.99. The Bertz CT molecular complexity index is 412. The molecule has 0 unspecified atom stereocenters. The second-order valence-corrected chi connectivity index (χ2v) is 5.84. The van der Waals surface area contributed by atoms with E-state index in [-0.39, 0.29) is 5.78 Å². The third-order valence-corrected chi connectivity index (χ3v) is 4.07. The van der Waals surface area contributed by atoms with Gasteiger partial charge in [-0.2, -0.15) is 11.8 Å². The smallest absolute Gasteiger partial charge is 0.178 e. The predicted molar refractivity (Wildman–Crippen MR) is 79.7 cm³/mol. The first-order valence-corrected chi connectivity index (χ1v) is 7.70. The van der Waals surface area contributed by atoms with Crippen LogP contribution in [-0.2, 0) is 7.05 Å². The molecule has 0 radical (unpaired) electrons. The van der Waals surface area contributed by atoms with E-state index >= 15 is 0 Å². The number of thioether (sulfide) groups is 1. The van der Waals surface area contributed by atoms with Crippen LogP contribution in [0.15, 0.2) is 6.07 Å². The maximum absolute atomic E-state index is 12.2. The average molecular weight is 268 g/mol. The molecule has 1 rings (SSSR count). The maximum atomic E-state index is 12.2. The molecule has 0 aliphatic heterocycles. The molecule has 0 saturated carbocycles. The van der Waals surface area contributed by atoms with Crippen molar-refractivity contribution in [3.05, 3.63) is 23.0 Å². The zero-order valence-electron chi connectivity index (χ0n) is 12.1. The van der Waals surface area contributed by atoms with E-state index in [9.17, 15) is 4.79 Å². The average Bonchev–Trinajstić information content (AvgIpc) is 2.57. The monoisotopic (exact) mass is 268 g/mol. The predicted octanol–water partition coefficient (Wildman–Crippen LogP) is 2.51. The van der Waals surface area contributed by atoms with E-state index in [0.717, 1.165) is 35.7 Å². The molecule has 0 aliphatic carbocycles. The fraction of sp³-hybridized carbons (Fsp3) is 0.643. The van der Waals surface area contributed by atoms with Gasteiger partial charge in [-0.15, -0.1) is 0 Å². The van der Waals surface area contributed by atoms with Gasteiger partial charge in [0.1, 0.15) is 0 Å². The van der Waals surface area contributed by atoms with Crippen molar-refractivity contribution in [1.29, 1.82) is 0 Å². The third-order valence-electron chi connectivity index (χ3n) is 3.38. The second-order valence-electron chi connectivity index (χ2n) is 4.85. The molecule has 0 amide bonds. The largest absolute Gasteiger partial charge is 0.351 e. The Morgan fingerprint density at radius 2 is 2.11 bits per heavy atom. The minimum atomic E-state index is 0.225. The molecule has 0 aliphatic rings. The van der Waals surface area contributed by atoms with Gasteiger partial charge in [-0.05, 0) is 51.9 Å². The number of Topliss-reactive ketones (excluding diaryl/α,β-unsaturated/α-hetero) is 1. The fourth-order valence-corrected chi connectivity index (χ4v) is 2.44. The van der Waals surface area contributed by atoms with Crippen LogP contribution in [0.1, 0.15) is 28.2 Å². The van der Waals surface area contributed by atoms with Gasteiger partial charge in [0, 0.05) is 24.0 Å². The van der Waals surface area contributed by atoms with E-state index in [1.165, 1.54) is 0 Å². The highest BCUT2D eigenvalue weighted by atomic mass is 32.2. The fourth-order valence-electron chi connectivity index (χ4n) is 2.03. The SMILES string of the molecule is CSCCCN(C)CC(=O)c1cc(C)n(C)c1C. The minimum Gasteiger partial charge on any atom is -0.351 e. The number of ketones is 1. The summed E-state index contributed by atoms with van der Waals surface area (Å²) in [5.41, 5.74) is 3.07. The van der Waals surface area contributed by atoms with Crippen LogP contribution in [0, 0.1) is 13.8 Å². The molecule has 0 atom stereocenters. The molecular weight excluding hydrogens is 244 g/mol. The van der Waals surface area contributed by atoms with Crippen molar-refractivity contribution < 1.29 is 4.79 Å². The van der Waals surface area contributed by atoms with Gasteiger partial charge in [-0.3, -0.25) is 9.69 Å². The summed E-state index contributed by atoms with van der Waals surface area (Å²) in [7, 11) is 4.02. The van der Waals surface area contributed by atoms with Crippen molar-refractivity contribution in [1.82, 2.24) is 9.47 Å². The van der Waals surface area contributed by atoms with Crippen molar-refractivity contribution in [3.8, 4) is 0 Å². The lowest BCUT2D eigenvalue weighted by molar-refractivity contribution is 0.0946. The number of likely N-dealkylation sites (N-methyl/N-ethyl adjacent to an activating group) is 1. The van der Waals surface area contributed by atoms with Gasteiger partial charge < -0.3 is 4.57 Å². The molecule has 1 aromatic heterocycles. The lowest BCUT2D eigenvalue weighted by Crippen LogP contribution is -2.27. The lowest BCUT2D eigenvalue weighted by atomic mass is 10.1. The van der Waals surface area contributed by atoms with Crippen LogP contribution >= 0.6 is 11.8 Å². The summed E-state index contributed by atoms with van der Waals surface area (Å²) < 4.78 is 2.07.